The quantitative estimate of drug-likeness (QED) is 0.247. The third kappa shape index (κ3) is 9.03. The van der Waals surface area contributed by atoms with E-state index in [9.17, 15) is 39.3 Å². The fraction of sp³-hybridized carbons (Fsp3) is 0.389. The number of aliphatic hydroxyl groups is 1. The van der Waals surface area contributed by atoms with Gasteiger partial charge in [-0.2, -0.15) is 0 Å². The van der Waals surface area contributed by atoms with E-state index in [4.69, 9.17) is 0 Å². The molecule has 0 fully saturated rings. The number of carboxylic acid groups (broad SMARTS) is 2. The Kier molecular flexibility index (Phi) is 10.5. The first-order valence-corrected chi connectivity index (χ1v) is 9.80. The SMILES string of the molecule is [NH3+][C@@H](CCC(=O)N[C@@H](CSC(=O)C(O)c1ccccc1)C(=O)NCC(=O)[O-])C(=O)[O-]. The number of carbonyl (C=O) groups excluding carboxylic acids is 5. The van der Waals surface area contributed by atoms with Crippen molar-refractivity contribution >= 4 is 40.6 Å². The molecule has 1 rings (SSSR count). The van der Waals surface area contributed by atoms with Crippen LogP contribution in [0.25, 0.3) is 0 Å². The van der Waals surface area contributed by atoms with E-state index in [1.807, 2.05) is 5.32 Å². The van der Waals surface area contributed by atoms with E-state index in [-0.39, 0.29) is 18.6 Å². The Balaban J connectivity index is 2.71. The summed E-state index contributed by atoms with van der Waals surface area (Å²) in [4.78, 5) is 57.6. The van der Waals surface area contributed by atoms with Crippen molar-refractivity contribution < 1.29 is 45.0 Å². The average Bonchev–Trinajstić information content (AvgIpc) is 2.72. The maximum Gasteiger partial charge on any atom is 0.243 e. The highest BCUT2D eigenvalue weighted by Crippen LogP contribution is 2.20. The molecule has 3 atom stereocenters. The highest BCUT2D eigenvalue weighted by molar-refractivity contribution is 8.13. The summed E-state index contributed by atoms with van der Waals surface area (Å²) in [5.41, 5.74) is 3.66. The van der Waals surface area contributed by atoms with Crippen LogP contribution in [0.15, 0.2) is 30.3 Å². The van der Waals surface area contributed by atoms with Crippen molar-refractivity contribution in [3.05, 3.63) is 35.9 Å². The van der Waals surface area contributed by atoms with E-state index in [2.05, 4.69) is 11.1 Å². The summed E-state index contributed by atoms with van der Waals surface area (Å²) < 4.78 is 0. The molecule has 1 unspecified atom stereocenters. The molecule has 1 aromatic carbocycles. The zero-order valence-corrected chi connectivity index (χ0v) is 16.7. The minimum Gasteiger partial charge on any atom is -0.548 e. The van der Waals surface area contributed by atoms with Crippen molar-refractivity contribution in [3.8, 4) is 0 Å². The second kappa shape index (κ2) is 12.6. The monoisotopic (exact) mass is 440 g/mol. The van der Waals surface area contributed by atoms with Crippen LogP contribution in [0.2, 0.25) is 0 Å². The molecule has 0 radical (unpaired) electrons. The largest absolute Gasteiger partial charge is 0.548 e. The molecule has 0 aliphatic heterocycles. The topological polar surface area (TPSA) is 203 Å². The van der Waals surface area contributed by atoms with E-state index < -0.39 is 53.6 Å². The number of carbonyl (C=O) groups is 5. The number of quaternary nitrogens is 1. The molecular weight excluding hydrogens is 418 g/mol. The lowest BCUT2D eigenvalue weighted by atomic mass is 10.1. The van der Waals surface area contributed by atoms with Crippen LogP contribution in [-0.4, -0.2) is 58.4 Å². The Morgan fingerprint density at radius 1 is 1.10 bits per heavy atom. The number of aliphatic hydroxyl groups excluding tert-OH is 1. The molecule has 0 aliphatic carbocycles. The normalized spacial score (nSPS) is 13.5. The van der Waals surface area contributed by atoms with Crippen LogP contribution >= 0.6 is 11.8 Å². The lowest BCUT2D eigenvalue weighted by Crippen LogP contribution is -2.68. The van der Waals surface area contributed by atoms with Crippen molar-refractivity contribution in [2.75, 3.05) is 12.3 Å². The molecule has 2 amide bonds. The molecule has 0 saturated carbocycles. The van der Waals surface area contributed by atoms with Crippen molar-refractivity contribution in [1.29, 1.82) is 0 Å². The number of thioether (sulfide) groups is 1. The third-order valence-electron chi connectivity index (χ3n) is 3.84. The van der Waals surface area contributed by atoms with Gasteiger partial charge in [0.15, 0.2) is 0 Å². The Morgan fingerprint density at radius 2 is 1.73 bits per heavy atom. The van der Waals surface area contributed by atoms with Gasteiger partial charge in [-0.1, -0.05) is 42.1 Å². The second-order valence-corrected chi connectivity index (χ2v) is 7.23. The van der Waals surface area contributed by atoms with Crippen molar-refractivity contribution in [2.24, 2.45) is 0 Å². The average molecular weight is 440 g/mol. The van der Waals surface area contributed by atoms with E-state index >= 15 is 0 Å². The Labute approximate surface area is 176 Å². The molecule has 164 valence electrons. The van der Waals surface area contributed by atoms with Gasteiger partial charge in [0.2, 0.25) is 16.9 Å². The first-order valence-electron chi connectivity index (χ1n) is 8.82. The zero-order chi connectivity index (χ0) is 22.7. The molecule has 0 aromatic heterocycles. The summed E-state index contributed by atoms with van der Waals surface area (Å²) in [5, 5.41) is 34.9. The fourth-order valence-corrected chi connectivity index (χ4v) is 3.03. The van der Waals surface area contributed by atoms with Gasteiger partial charge in [0.1, 0.15) is 18.2 Å². The Morgan fingerprint density at radius 3 is 2.30 bits per heavy atom. The van der Waals surface area contributed by atoms with Gasteiger partial charge in [-0.05, 0) is 5.56 Å². The van der Waals surface area contributed by atoms with E-state index in [1.165, 1.54) is 0 Å². The predicted octanol–water partition coefficient (Wildman–Crippen LogP) is -4.53. The molecule has 11 nitrogen and oxygen atoms in total. The van der Waals surface area contributed by atoms with E-state index in [0.29, 0.717) is 17.3 Å². The molecule has 12 heteroatoms. The fourth-order valence-electron chi connectivity index (χ4n) is 2.17. The van der Waals surface area contributed by atoms with Gasteiger partial charge in [0.05, 0.1) is 18.5 Å². The molecular formula is C18H22N3O8S-. The van der Waals surface area contributed by atoms with Gasteiger partial charge in [-0.3, -0.25) is 14.4 Å². The maximum absolute atomic E-state index is 12.2. The predicted molar refractivity (Wildman–Crippen MR) is 99.7 cm³/mol. The molecule has 30 heavy (non-hydrogen) atoms. The molecule has 0 saturated heterocycles. The zero-order valence-electron chi connectivity index (χ0n) is 15.9. The standard InChI is InChI=1S/C18H23N3O8S/c19-11(17(27)28)6-7-13(22)21-12(16(26)20-8-14(23)24)9-30-18(29)15(25)10-4-2-1-3-5-10/h1-5,11-12,15,25H,6-9,19H2,(H,20,26)(H,21,22)(H,23,24)(H,27,28)/p-1/t11-,12-,15?/m0/s1. The number of rotatable bonds is 12. The number of benzene rings is 1. The summed E-state index contributed by atoms with van der Waals surface area (Å²) in [6, 6.07) is 5.63. The highest BCUT2D eigenvalue weighted by atomic mass is 32.2. The van der Waals surface area contributed by atoms with E-state index in [0.717, 1.165) is 0 Å². The second-order valence-electron chi connectivity index (χ2n) is 6.21. The molecule has 0 aliphatic rings. The lowest BCUT2D eigenvalue weighted by molar-refractivity contribution is -0.438. The summed E-state index contributed by atoms with van der Waals surface area (Å²) in [6.45, 7) is -0.803. The van der Waals surface area contributed by atoms with Gasteiger partial charge >= 0.3 is 0 Å². The molecule has 0 bridgehead atoms. The first-order chi connectivity index (χ1) is 14.1. The molecule has 0 heterocycles. The molecule has 0 spiro atoms. The van der Waals surface area contributed by atoms with Crippen molar-refractivity contribution in [1.82, 2.24) is 10.6 Å². The number of hydrogen-bond acceptors (Lipinski definition) is 9. The summed E-state index contributed by atoms with van der Waals surface area (Å²) >= 11 is 0.577. The van der Waals surface area contributed by atoms with Crippen LogP contribution < -0.4 is 26.6 Å². The number of hydrogen-bond donors (Lipinski definition) is 4. The smallest absolute Gasteiger partial charge is 0.243 e. The van der Waals surface area contributed by atoms with Crippen LogP contribution in [0.4, 0.5) is 0 Å². The van der Waals surface area contributed by atoms with Crippen molar-refractivity contribution in [3.63, 3.8) is 0 Å². The van der Waals surface area contributed by atoms with Crippen LogP contribution in [0, 0.1) is 0 Å². The minimum absolute atomic E-state index is 0.139. The van der Waals surface area contributed by atoms with Gasteiger partial charge in [0.25, 0.3) is 0 Å². The molecule has 1 aromatic rings. The van der Waals surface area contributed by atoms with Crippen molar-refractivity contribution in [2.45, 2.75) is 31.0 Å². The number of nitrogens with one attached hydrogen (secondary N) is 2. The number of amides is 2. The van der Waals surface area contributed by atoms with E-state index in [1.54, 1.807) is 30.3 Å². The van der Waals surface area contributed by atoms with Gasteiger partial charge in [-0.15, -0.1) is 0 Å². The van der Waals surface area contributed by atoms with Gasteiger partial charge < -0.3 is 41.3 Å². The molecule has 6 N–H and O–H groups in total. The summed E-state index contributed by atoms with van der Waals surface area (Å²) in [6.07, 6.45) is -1.87. The van der Waals surface area contributed by atoms with Crippen LogP contribution in [0.5, 0.6) is 0 Å². The first kappa shape index (κ1) is 25.1. The highest BCUT2D eigenvalue weighted by Gasteiger charge is 2.25. The minimum atomic E-state index is -1.55. The van der Waals surface area contributed by atoms with Crippen LogP contribution in [0.3, 0.4) is 0 Å². The number of aliphatic carboxylic acids is 2. The summed E-state index contributed by atoms with van der Waals surface area (Å²) in [7, 11) is 0. The number of carboxylic acids is 2. The van der Waals surface area contributed by atoms with Crippen LogP contribution in [-0.2, 0) is 24.0 Å². The van der Waals surface area contributed by atoms with Crippen LogP contribution in [0.1, 0.15) is 24.5 Å². The van der Waals surface area contributed by atoms with Gasteiger partial charge in [-0.25, -0.2) is 0 Å². The summed E-state index contributed by atoms with van der Waals surface area (Å²) in [5.74, 6) is -4.85. The third-order valence-corrected chi connectivity index (χ3v) is 4.85. The lowest BCUT2D eigenvalue weighted by Gasteiger charge is -2.19. The maximum atomic E-state index is 12.2. The Bertz CT molecular complexity index is 774. The van der Waals surface area contributed by atoms with Gasteiger partial charge in [0, 0.05) is 18.6 Å². The Hall–Kier alpha value is -2.96.